The van der Waals surface area contributed by atoms with Crippen LogP contribution in [0.2, 0.25) is 0 Å². The molecule has 0 fully saturated rings. The average molecular weight is 850 g/mol. The summed E-state index contributed by atoms with van der Waals surface area (Å²) < 4.78 is 37.8. The van der Waals surface area contributed by atoms with Crippen LogP contribution in [0.25, 0.3) is 0 Å². The number of unbranched alkanes of at least 4 members (excludes halogenated alkanes) is 7. The fourth-order valence-corrected chi connectivity index (χ4v) is 10.0. The van der Waals surface area contributed by atoms with E-state index in [9.17, 15) is 14.7 Å². The molecule has 11 nitrogen and oxygen atoms in total. The molecule has 11 heteroatoms. The summed E-state index contributed by atoms with van der Waals surface area (Å²) in [5, 5.41) is 11.0. The Morgan fingerprint density at radius 3 is 2.13 bits per heavy atom. The fourth-order valence-electron chi connectivity index (χ4n) is 10.0. The number of aliphatic carboxylic acids is 1. The number of hydrogen-bond acceptors (Lipinski definition) is 9. The second kappa shape index (κ2) is 19.8. The van der Waals surface area contributed by atoms with Crippen molar-refractivity contribution < 1.29 is 47.6 Å². The van der Waals surface area contributed by atoms with E-state index in [1.165, 1.54) is 39.0 Å². The van der Waals surface area contributed by atoms with E-state index < -0.39 is 18.0 Å². The van der Waals surface area contributed by atoms with Crippen molar-refractivity contribution in [1.29, 1.82) is 0 Å². The first kappa shape index (κ1) is 44.8. The van der Waals surface area contributed by atoms with Crippen LogP contribution in [-0.2, 0) is 35.3 Å². The van der Waals surface area contributed by atoms with E-state index in [2.05, 4.69) is 38.1 Å². The maximum atomic E-state index is 13.5. The third-order valence-electron chi connectivity index (χ3n) is 13.5. The number of hydrogen-bond donors (Lipinski definition) is 1. The van der Waals surface area contributed by atoms with Crippen LogP contribution < -0.4 is 28.4 Å². The molecule has 4 aliphatic heterocycles. The molecule has 4 unspecified atom stereocenters. The lowest BCUT2D eigenvalue weighted by molar-refractivity contribution is -0.956. The van der Waals surface area contributed by atoms with E-state index in [1.807, 2.05) is 48.5 Å². The number of ether oxygens (including phenoxy) is 6. The highest BCUT2D eigenvalue weighted by atomic mass is 16.6. The number of carbonyl (C=O) groups is 2. The van der Waals surface area contributed by atoms with Gasteiger partial charge >= 0.3 is 11.9 Å². The monoisotopic (exact) mass is 849 g/mol. The van der Waals surface area contributed by atoms with Crippen molar-refractivity contribution in [3.8, 4) is 46.0 Å². The van der Waals surface area contributed by atoms with Gasteiger partial charge in [-0.3, -0.25) is 9.69 Å². The number of esters is 1. The largest absolute Gasteiger partial charge is 0.493 e. The molecule has 0 amide bonds. The molecule has 4 aromatic rings. The Morgan fingerprint density at radius 1 is 0.790 bits per heavy atom. The zero-order valence-electron chi connectivity index (χ0n) is 37.7. The minimum absolute atomic E-state index is 0.194. The summed E-state index contributed by atoms with van der Waals surface area (Å²) in [6, 6.07) is 19.1. The minimum atomic E-state index is -0.771. The number of likely N-dealkylation sites (N-methyl/N-ethyl adjacent to an activating group) is 2. The van der Waals surface area contributed by atoms with Crippen molar-refractivity contribution in [3.05, 3.63) is 94.0 Å². The summed E-state index contributed by atoms with van der Waals surface area (Å²) in [6.07, 6.45) is 12.3. The molecule has 62 heavy (non-hydrogen) atoms. The van der Waals surface area contributed by atoms with Gasteiger partial charge in [0.05, 0.1) is 34.9 Å². The number of quaternary nitrogens is 1. The number of carboxylic acid groups (broad SMARTS) is 1. The van der Waals surface area contributed by atoms with Crippen LogP contribution in [0, 0.1) is 0 Å². The first-order valence-electron chi connectivity index (χ1n) is 22.5. The van der Waals surface area contributed by atoms with Crippen molar-refractivity contribution in [2.45, 2.75) is 115 Å². The van der Waals surface area contributed by atoms with Crippen molar-refractivity contribution in [2.24, 2.45) is 0 Å². The molecule has 4 aliphatic rings. The molecule has 4 atom stereocenters. The van der Waals surface area contributed by atoms with Crippen LogP contribution in [-0.4, -0.2) is 81.0 Å². The lowest BCUT2D eigenvalue weighted by Crippen LogP contribution is -2.60. The van der Waals surface area contributed by atoms with Gasteiger partial charge in [-0.15, -0.1) is 0 Å². The molecular weight excluding hydrogens is 785 g/mol. The van der Waals surface area contributed by atoms with Crippen LogP contribution in [0.3, 0.4) is 0 Å². The molecule has 4 aromatic carbocycles. The second-order valence-corrected chi connectivity index (χ2v) is 17.5. The lowest BCUT2D eigenvalue weighted by Gasteiger charge is -2.49. The van der Waals surface area contributed by atoms with Gasteiger partial charge in [0.1, 0.15) is 11.8 Å². The predicted octanol–water partition coefficient (Wildman–Crippen LogP) is 10.6. The van der Waals surface area contributed by atoms with Gasteiger partial charge < -0.3 is 38.0 Å². The van der Waals surface area contributed by atoms with E-state index in [-0.39, 0.29) is 17.8 Å². The zero-order chi connectivity index (χ0) is 44.0. The van der Waals surface area contributed by atoms with Crippen LogP contribution >= 0.6 is 0 Å². The fraction of sp³-hybridized carbons (Fsp3) is 0.490. The maximum absolute atomic E-state index is 13.5. The van der Waals surface area contributed by atoms with Crippen molar-refractivity contribution in [2.75, 3.05) is 48.5 Å². The molecule has 0 spiro atoms. The second-order valence-electron chi connectivity index (χ2n) is 17.5. The predicted molar refractivity (Wildman–Crippen MR) is 240 cm³/mol. The Hall–Kier alpha value is -5.26. The van der Waals surface area contributed by atoms with Crippen LogP contribution in [0.15, 0.2) is 60.7 Å². The van der Waals surface area contributed by atoms with Crippen LogP contribution in [0.5, 0.6) is 46.0 Å². The molecular formula is C51H65N2O9+. The molecule has 8 rings (SSSR count). The Morgan fingerprint density at radius 2 is 1.45 bits per heavy atom. The molecule has 0 saturated carbocycles. The number of carbonyl (C=O) groups excluding carboxylic acids is 1. The number of methoxy groups -OCH3 is 3. The van der Waals surface area contributed by atoms with E-state index in [0.29, 0.717) is 77.0 Å². The number of nitrogens with zero attached hydrogens (tertiary/aromatic N) is 2. The van der Waals surface area contributed by atoms with Gasteiger partial charge in [0.25, 0.3) is 0 Å². The summed E-state index contributed by atoms with van der Waals surface area (Å²) in [4.78, 5) is 28.6. The molecule has 1 N–H and O–H groups in total. The van der Waals surface area contributed by atoms with Gasteiger partial charge in [-0.05, 0) is 91.0 Å². The molecule has 0 aromatic heterocycles. The van der Waals surface area contributed by atoms with Crippen molar-refractivity contribution in [1.82, 2.24) is 4.90 Å². The lowest BCUT2D eigenvalue weighted by atomic mass is 9.84. The number of carboxylic acids is 1. The summed E-state index contributed by atoms with van der Waals surface area (Å²) in [6.45, 7) is 5.04. The third kappa shape index (κ3) is 9.54. The Balaban J connectivity index is 1.39. The van der Waals surface area contributed by atoms with Crippen LogP contribution in [0.4, 0.5) is 0 Å². The Bertz CT molecular complexity index is 2220. The number of benzene rings is 4. The van der Waals surface area contributed by atoms with Gasteiger partial charge in [0.2, 0.25) is 5.75 Å². The highest BCUT2D eigenvalue weighted by molar-refractivity contribution is 5.74. The minimum Gasteiger partial charge on any atom is -0.493 e. The normalized spacial score (nSPS) is 19.8. The summed E-state index contributed by atoms with van der Waals surface area (Å²) in [5.41, 5.74) is 6.09. The van der Waals surface area contributed by atoms with Gasteiger partial charge in [0, 0.05) is 49.9 Å². The van der Waals surface area contributed by atoms with Gasteiger partial charge in [-0.2, -0.15) is 0 Å². The SMILES string of the molecule is CCCCCCCCCCC(C(=O)O)[N+]1(C)CCc2cc(OC)c3cc2C1Cc1ccc(cc1)Oc1cc(ccc1OC)CC1c2c(cc(OC)c(OC(C)=O)c2O3)CCN1C. The average Bonchev–Trinajstić information content (AvgIpc) is 3.25. The third-order valence-corrected chi connectivity index (χ3v) is 13.5. The van der Waals surface area contributed by atoms with E-state index in [4.69, 9.17) is 28.4 Å². The smallest absolute Gasteiger partial charge is 0.362 e. The summed E-state index contributed by atoms with van der Waals surface area (Å²) in [7, 11) is 9.06. The van der Waals surface area contributed by atoms with Crippen LogP contribution in [0.1, 0.15) is 117 Å². The van der Waals surface area contributed by atoms with E-state index >= 15 is 0 Å². The van der Waals surface area contributed by atoms with Gasteiger partial charge in [-0.1, -0.05) is 70.1 Å². The molecule has 0 saturated heterocycles. The molecule has 0 aliphatic carbocycles. The maximum Gasteiger partial charge on any atom is 0.362 e. The first-order valence-corrected chi connectivity index (χ1v) is 22.5. The zero-order valence-corrected chi connectivity index (χ0v) is 37.7. The quantitative estimate of drug-likeness (QED) is 0.0537. The van der Waals surface area contributed by atoms with Crippen molar-refractivity contribution >= 4 is 11.9 Å². The topological polar surface area (TPSA) is 113 Å². The van der Waals surface area contributed by atoms with E-state index in [1.54, 1.807) is 21.3 Å². The highest BCUT2D eigenvalue weighted by Crippen LogP contribution is 2.53. The Labute approximate surface area is 367 Å². The molecule has 0 radical (unpaired) electrons. The molecule has 332 valence electrons. The van der Waals surface area contributed by atoms with Crippen molar-refractivity contribution in [3.63, 3.8) is 0 Å². The molecule has 6 bridgehead atoms. The Kier molecular flexibility index (Phi) is 14.3. The summed E-state index contributed by atoms with van der Waals surface area (Å²) >= 11 is 0. The first-order chi connectivity index (χ1) is 30.0. The standard InChI is InChI=1S/C51H64N2O9/c1-8-9-10-11-12-13-14-15-16-41(51(55)56)53(4)26-24-36-30-44(58-6)46-32-39(36)42(53)28-34-17-20-38(21-18-34)61-45-29-35(19-22-43(45)57-5)27-40-48-37(23-25-52(40)3)31-47(59-7)49(50(48)62-46)60-33(2)54/h17-22,29-32,40-42H,8-16,23-28H2,1-7H3/p+1. The van der Waals surface area contributed by atoms with Gasteiger partial charge in [0.15, 0.2) is 40.5 Å². The highest BCUT2D eigenvalue weighted by Gasteiger charge is 2.48. The van der Waals surface area contributed by atoms with E-state index in [0.717, 1.165) is 65.6 Å². The van der Waals surface area contributed by atoms with Gasteiger partial charge in [-0.25, -0.2) is 4.79 Å². The number of rotatable bonds is 15. The summed E-state index contributed by atoms with van der Waals surface area (Å²) in [5.74, 6) is 2.56. The number of fused-ring (bicyclic) bond motifs is 2. The molecule has 4 heterocycles.